The molecule has 2 saturated heterocycles. The van der Waals surface area contributed by atoms with Gasteiger partial charge in [-0.3, -0.25) is 0 Å². The smallest absolute Gasteiger partial charge is 0.214 e. The molecule has 0 spiro atoms. The molecule has 18 heavy (non-hydrogen) atoms. The van der Waals surface area contributed by atoms with Gasteiger partial charge in [0, 0.05) is 19.1 Å². The Morgan fingerprint density at radius 3 is 2.89 bits per heavy atom. The molecular formula is C12H24N2O3S. The number of piperidine rings is 1. The molecule has 5 nitrogen and oxygen atoms in total. The lowest BCUT2D eigenvalue weighted by Gasteiger charge is -2.31. The van der Waals surface area contributed by atoms with Gasteiger partial charge in [-0.15, -0.1) is 0 Å². The third-order valence-corrected chi connectivity index (χ3v) is 5.60. The van der Waals surface area contributed by atoms with Crippen LogP contribution in [0.1, 0.15) is 32.6 Å². The Morgan fingerprint density at radius 1 is 1.39 bits per heavy atom. The fraction of sp³-hybridized carbons (Fsp3) is 1.00. The highest BCUT2D eigenvalue weighted by atomic mass is 32.2. The molecule has 0 radical (unpaired) electrons. The van der Waals surface area contributed by atoms with Gasteiger partial charge in [-0.2, -0.15) is 4.31 Å². The third-order valence-electron chi connectivity index (χ3n) is 3.73. The van der Waals surface area contributed by atoms with Crippen LogP contribution in [-0.4, -0.2) is 56.9 Å². The normalized spacial score (nSPS) is 31.4. The van der Waals surface area contributed by atoms with E-state index in [2.05, 4.69) is 5.32 Å². The summed E-state index contributed by atoms with van der Waals surface area (Å²) in [5, 5.41) is 3.40. The number of hydrogen-bond acceptors (Lipinski definition) is 4. The van der Waals surface area contributed by atoms with Gasteiger partial charge < -0.3 is 10.1 Å². The van der Waals surface area contributed by atoms with Crippen molar-refractivity contribution < 1.29 is 13.2 Å². The Bertz CT molecular complexity index is 352. The number of ether oxygens (including phenoxy) is 1. The molecule has 0 bridgehead atoms. The van der Waals surface area contributed by atoms with Crippen molar-refractivity contribution >= 4 is 10.0 Å². The first-order valence-corrected chi connectivity index (χ1v) is 8.51. The minimum absolute atomic E-state index is 0.0151. The lowest BCUT2D eigenvalue weighted by Crippen LogP contribution is -2.46. The maximum atomic E-state index is 12.2. The van der Waals surface area contributed by atoms with E-state index in [1.54, 1.807) is 4.31 Å². The molecule has 0 aromatic heterocycles. The molecule has 0 amide bonds. The van der Waals surface area contributed by atoms with E-state index in [1.165, 1.54) is 12.8 Å². The fourth-order valence-electron chi connectivity index (χ4n) is 2.63. The second kappa shape index (κ2) is 6.32. The summed E-state index contributed by atoms with van der Waals surface area (Å²) in [5.74, 6) is 0.261. The van der Waals surface area contributed by atoms with Crippen LogP contribution in [0.5, 0.6) is 0 Å². The van der Waals surface area contributed by atoms with Gasteiger partial charge in [-0.1, -0.05) is 6.42 Å². The summed E-state index contributed by atoms with van der Waals surface area (Å²) in [6.07, 6.45) is 4.28. The van der Waals surface area contributed by atoms with Gasteiger partial charge in [0.15, 0.2) is 0 Å². The quantitative estimate of drug-likeness (QED) is 0.815. The number of nitrogens with zero attached hydrogens (tertiary/aromatic N) is 1. The standard InChI is InChI=1S/C12H24N2O3S/c1-11-10-14(7-8-17-11)18(15,16)9-5-12-4-2-3-6-13-12/h11-13H,2-10H2,1H3. The molecule has 0 aromatic rings. The first-order valence-electron chi connectivity index (χ1n) is 6.91. The summed E-state index contributed by atoms with van der Waals surface area (Å²) in [5.41, 5.74) is 0. The van der Waals surface area contributed by atoms with Gasteiger partial charge in [-0.25, -0.2) is 8.42 Å². The molecule has 2 unspecified atom stereocenters. The van der Waals surface area contributed by atoms with Crippen LogP contribution in [0.3, 0.4) is 0 Å². The topological polar surface area (TPSA) is 58.6 Å². The highest BCUT2D eigenvalue weighted by molar-refractivity contribution is 7.89. The Kier molecular flexibility index (Phi) is 5.00. The Balaban J connectivity index is 1.82. The van der Waals surface area contributed by atoms with Gasteiger partial charge in [0.25, 0.3) is 0 Å². The van der Waals surface area contributed by atoms with Crippen LogP contribution in [0.2, 0.25) is 0 Å². The van der Waals surface area contributed by atoms with Crippen molar-refractivity contribution in [3.63, 3.8) is 0 Å². The van der Waals surface area contributed by atoms with Gasteiger partial charge in [-0.05, 0) is 32.7 Å². The van der Waals surface area contributed by atoms with Crippen LogP contribution in [0.15, 0.2) is 0 Å². The van der Waals surface area contributed by atoms with Crippen LogP contribution in [0, 0.1) is 0 Å². The molecule has 1 N–H and O–H groups in total. The van der Waals surface area contributed by atoms with Crippen LogP contribution in [0.25, 0.3) is 0 Å². The summed E-state index contributed by atoms with van der Waals surface area (Å²) >= 11 is 0. The van der Waals surface area contributed by atoms with Crippen molar-refractivity contribution in [3.8, 4) is 0 Å². The van der Waals surface area contributed by atoms with Crippen molar-refractivity contribution in [2.45, 2.75) is 44.8 Å². The number of sulfonamides is 1. The Morgan fingerprint density at radius 2 is 2.22 bits per heavy atom. The van der Waals surface area contributed by atoms with Crippen molar-refractivity contribution in [1.29, 1.82) is 0 Å². The van der Waals surface area contributed by atoms with Gasteiger partial charge in [0.05, 0.1) is 18.5 Å². The lowest BCUT2D eigenvalue weighted by molar-refractivity contribution is 0.0101. The molecule has 0 aromatic carbocycles. The van der Waals surface area contributed by atoms with Crippen molar-refractivity contribution in [3.05, 3.63) is 0 Å². The summed E-state index contributed by atoms with van der Waals surface area (Å²) in [7, 11) is -3.10. The molecular weight excluding hydrogens is 252 g/mol. The second-order valence-electron chi connectivity index (χ2n) is 5.29. The first-order chi connectivity index (χ1) is 8.58. The van der Waals surface area contributed by atoms with Crippen molar-refractivity contribution in [2.75, 3.05) is 32.0 Å². The Labute approximate surface area is 110 Å². The molecule has 6 heteroatoms. The monoisotopic (exact) mass is 276 g/mol. The zero-order valence-corrected chi connectivity index (χ0v) is 11.9. The number of morpholine rings is 1. The van der Waals surface area contributed by atoms with Crippen LogP contribution in [0.4, 0.5) is 0 Å². The molecule has 0 aliphatic carbocycles. The SMILES string of the molecule is CC1CN(S(=O)(=O)CCC2CCCCN2)CCO1. The second-order valence-corrected chi connectivity index (χ2v) is 7.38. The molecule has 2 aliphatic rings. The summed E-state index contributed by atoms with van der Waals surface area (Å²) in [4.78, 5) is 0. The largest absolute Gasteiger partial charge is 0.376 e. The van der Waals surface area contributed by atoms with Crippen LogP contribution < -0.4 is 5.32 Å². The van der Waals surface area contributed by atoms with E-state index in [-0.39, 0.29) is 11.9 Å². The van der Waals surface area contributed by atoms with E-state index in [0.29, 0.717) is 25.7 Å². The van der Waals surface area contributed by atoms with Crippen molar-refractivity contribution in [2.24, 2.45) is 0 Å². The van der Waals surface area contributed by atoms with Gasteiger partial charge in [0.2, 0.25) is 10.0 Å². The summed E-state index contributed by atoms with van der Waals surface area (Å²) < 4.78 is 31.4. The molecule has 2 heterocycles. The predicted octanol–water partition coefficient (Wildman–Crippen LogP) is 0.569. The summed E-state index contributed by atoms with van der Waals surface area (Å²) in [6.45, 7) is 4.47. The molecule has 106 valence electrons. The molecule has 2 fully saturated rings. The van der Waals surface area contributed by atoms with E-state index in [0.717, 1.165) is 19.4 Å². The van der Waals surface area contributed by atoms with Gasteiger partial charge in [0.1, 0.15) is 0 Å². The highest BCUT2D eigenvalue weighted by Gasteiger charge is 2.28. The highest BCUT2D eigenvalue weighted by Crippen LogP contribution is 2.15. The lowest BCUT2D eigenvalue weighted by atomic mass is 10.0. The summed E-state index contributed by atoms with van der Waals surface area (Å²) in [6, 6.07) is 0.381. The zero-order chi connectivity index (χ0) is 13.0. The van der Waals surface area contributed by atoms with E-state index in [1.807, 2.05) is 6.92 Å². The average Bonchev–Trinajstić information content (AvgIpc) is 2.38. The van der Waals surface area contributed by atoms with E-state index in [9.17, 15) is 8.42 Å². The molecule has 0 saturated carbocycles. The molecule has 2 aliphatic heterocycles. The zero-order valence-electron chi connectivity index (χ0n) is 11.1. The van der Waals surface area contributed by atoms with Crippen LogP contribution in [-0.2, 0) is 14.8 Å². The van der Waals surface area contributed by atoms with Gasteiger partial charge >= 0.3 is 0 Å². The van der Waals surface area contributed by atoms with Crippen molar-refractivity contribution in [1.82, 2.24) is 9.62 Å². The Hall–Kier alpha value is -0.170. The maximum Gasteiger partial charge on any atom is 0.214 e. The minimum atomic E-state index is -3.10. The van der Waals surface area contributed by atoms with E-state index < -0.39 is 10.0 Å². The predicted molar refractivity (Wildman–Crippen MR) is 71.0 cm³/mol. The molecule has 2 atom stereocenters. The molecule has 2 rings (SSSR count). The van der Waals surface area contributed by atoms with E-state index in [4.69, 9.17) is 4.74 Å². The number of nitrogens with one attached hydrogen (secondary N) is 1. The average molecular weight is 276 g/mol. The first kappa shape index (κ1) is 14.2. The number of hydrogen-bond donors (Lipinski definition) is 1. The number of rotatable bonds is 4. The third kappa shape index (κ3) is 3.91. The van der Waals surface area contributed by atoms with Crippen LogP contribution >= 0.6 is 0 Å². The minimum Gasteiger partial charge on any atom is -0.376 e. The maximum absolute atomic E-state index is 12.2. The van der Waals surface area contributed by atoms with E-state index >= 15 is 0 Å². The fourth-order valence-corrected chi connectivity index (χ4v) is 4.26.